The fourth-order valence-electron chi connectivity index (χ4n) is 3.00. The van der Waals surface area contributed by atoms with E-state index in [2.05, 4.69) is 56.4 Å². The molecule has 2 N–H and O–H groups in total. The van der Waals surface area contributed by atoms with Crippen LogP contribution in [-0.2, 0) is 19.4 Å². The van der Waals surface area contributed by atoms with Gasteiger partial charge in [-0.05, 0) is 48.2 Å². The number of nitrogens with one attached hydrogen (secondary N) is 2. The van der Waals surface area contributed by atoms with Crippen LogP contribution in [-0.4, -0.2) is 43.6 Å². The first-order valence-electron chi connectivity index (χ1n) is 8.52. The molecule has 1 unspecified atom stereocenters. The van der Waals surface area contributed by atoms with Gasteiger partial charge in [-0.15, -0.1) is 46.7 Å². The summed E-state index contributed by atoms with van der Waals surface area (Å²) in [6, 6.07) is 7.05. The van der Waals surface area contributed by atoms with Gasteiger partial charge in [0.25, 0.3) is 0 Å². The van der Waals surface area contributed by atoms with Crippen molar-refractivity contribution in [1.29, 1.82) is 0 Å². The Balaban J connectivity index is 0.00000225. The van der Waals surface area contributed by atoms with Crippen LogP contribution in [0.1, 0.15) is 22.2 Å². The van der Waals surface area contributed by atoms with Gasteiger partial charge in [-0.1, -0.05) is 6.07 Å². The molecule has 0 radical (unpaired) electrons. The van der Waals surface area contributed by atoms with Crippen LogP contribution in [0.25, 0.3) is 0 Å². The summed E-state index contributed by atoms with van der Waals surface area (Å²) in [5, 5.41) is 11.2. The molecule has 2 aromatic heterocycles. The molecule has 7 heteroatoms. The highest BCUT2D eigenvalue weighted by molar-refractivity contribution is 14.0. The van der Waals surface area contributed by atoms with Crippen LogP contribution in [0.2, 0.25) is 0 Å². The highest BCUT2D eigenvalue weighted by Gasteiger charge is 2.21. The van der Waals surface area contributed by atoms with Gasteiger partial charge < -0.3 is 10.6 Å². The van der Waals surface area contributed by atoms with Gasteiger partial charge in [-0.3, -0.25) is 9.89 Å². The minimum absolute atomic E-state index is 0. The maximum absolute atomic E-state index is 4.33. The summed E-state index contributed by atoms with van der Waals surface area (Å²) in [7, 11) is 1.84. The van der Waals surface area contributed by atoms with Crippen molar-refractivity contribution in [2.24, 2.45) is 4.99 Å². The fraction of sp³-hybridized carbons (Fsp3) is 0.500. The van der Waals surface area contributed by atoms with Crippen LogP contribution >= 0.6 is 46.7 Å². The smallest absolute Gasteiger partial charge is 0.191 e. The average Bonchev–Trinajstić information content (AvgIpc) is 3.28. The Kier molecular flexibility index (Phi) is 8.68. The van der Waals surface area contributed by atoms with Gasteiger partial charge in [0.15, 0.2) is 5.96 Å². The second-order valence-electron chi connectivity index (χ2n) is 6.15. The highest BCUT2D eigenvalue weighted by Crippen LogP contribution is 2.24. The zero-order valence-corrected chi connectivity index (χ0v) is 18.8. The second-order valence-corrected chi connectivity index (χ2v) is 8.18. The van der Waals surface area contributed by atoms with Crippen molar-refractivity contribution in [2.75, 3.05) is 26.7 Å². The van der Waals surface area contributed by atoms with Gasteiger partial charge >= 0.3 is 0 Å². The summed E-state index contributed by atoms with van der Waals surface area (Å²) in [4.78, 5) is 9.86. The summed E-state index contributed by atoms with van der Waals surface area (Å²) >= 11 is 3.71. The lowest BCUT2D eigenvalue weighted by atomic mass is 10.1. The number of guanidine groups is 1. The van der Waals surface area contributed by atoms with E-state index in [4.69, 9.17) is 0 Å². The monoisotopic (exact) mass is 490 g/mol. The standard InChI is InChI=1S/C18H26N4S2.HI/c1-14(22-9-6-17-15(13-22)7-11-24-17)12-21-18(19-2)20-8-5-16-4-3-10-23-16;/h3-4,7,10-11,14H,5-6,8-9,12-13H2,1-2H3,(H2,19,20,21);1H. The van der Waals surface area contributed by atoms with E-state index < -0.39 is 0 Å². The van der Waals surface area contributed by atoms with Crippen molar-refractivity contribution in [3.8, 4) is 0 Å². The molecule has 0 saturated heterocycles. The van der Waals surface area contributed by atoms with Crippen molar-refractivity contribution < 1.29 is 0 Å². The zero-order chi connectivity index (χ0) is 16.8. The lowest BCUT2D eigenvalue weighted by Crippen LogP contribution is -2.47. The Hall–Kier alpha value is -0.640. The lowest BCUT2D eigenvalue weighted by Gasteiger charge is -2.32. The van der Waals surface area contributed by atoms with Gasteiger partial charge in [0, 0.05) is 49.0 Å². The Labute approximate surface area is 175 Å². The second kappa shape index (κ2) is 10.5. The van der Waals surface area contributed by atoms with Gasteiger partial charge in [0.1, 0.15) is 0 Å². The number of fused-ring (bicyclic) bond motifs is 1. The molecule has 3 rings (SSSR count). The van der Waals surface area contributed by atoms with E-state index in [1.807, 2.05) is 29.7 Å². The minimum Gasteiger partial charge on any atom is -0.356 e. The largest absolute Gasteiger partial charge is 0.356 e. The van der Waals surface area contributed by atoms with Crippen LogP contribution in [0.5, 0.6) is 0 Å². The molecule has 0 bridgehead atoms. The van der Waals surface area contributed by atoms with Crippen molar-refractivity contribution in [3.63, 3.8) is 0 Å². The normalized spacial score (nSPS) is 16.0. The molecule has 0 saturated carbocycles. The topological polar surface area (TPSA) is 39.7 Å². The fourth-order valence-corrected chi connectivity index (χ4v) is 4.60. The molecular weight excluding hydrogens is 463 g/mol. The van der Waals surface area contributed by atoms with Gasteiger partial charge in [0.05, 0.1) is 0 Å². The third-order valence-electron chi connectivity index (χ3n) is 4.49. The number of hydrogen-bond acceptors (Lipinski definition) is 4. The molecule has 4 nitrogen and oxygen atoms in total. The minimum atomic E-state index is 0. The highest BCUT2D eigenvalue weighted by atomic mass is 127. The van der Waals surface area contributed by atoms with E-state index in [9.17, 15) is 0 Å². The Bertz CT molecular complexity index is 654. The van der Waals surface area contributed by atoms with Crippen LogP contribution in [0.4, 0.5) is 0 Å². The molecule has 2 aromatic rings. The van der Waals surface area contributed by atoms with Crippen LogP contribution in [0, 0.1) is 0 Å². The molecule has 0 spiro atoms. The number of nitrogens with zero attached hydrogens (tertiary/aromatic N) is 2. The van der Waals surface area contributed by atoms with E-state index >= 15 is 0 Å². The first-order chi connectivity index (χ1) is 11.8. The Morgan fingerprint density at radius 1 is 1.28 bits per heavy atom. The third-order valence-corrected chi connectivity index (χ3v) is 6.45. The van der Waals surface area contributed by atoms with Gasteiger partial charge in [-0.25, -0.2) is 0 Å². The molecular formula is C18H27IN4S2. The predicted octanol–water partition coefficient (Wildman–Crippen LogP) is 3.58. The molecule has 1 atom stereocenters. The van der Waals surface area contributed by atoms with Crippen LogP contribution in [0.15, 0.2) is 34.0 Å². The van der Waals surface area contributed by atoms with Crippen molar-refractivity contribution in [3.05, 3.63) is 44.3 Å². The predicted molar refractivity (Wildman–Crippen MR) is 121 cm³/mol. The quantitative estimate of drug-likeness (QED) is 0.370. The number of rotatable bonds is 6. The molecule has 3 heterocycles. The summed E-state index contributed by atoms with van der Waals surface area (Å²) in [5.74, 6) is 0.895. The molecule has 1 aliphatic rings. The Morgan fingerprint density at radius 3 is 2.92 bits per heavy atom. The van der Waals surface area contributed by atoms with E-state index in [0.717, 1.165) is 38.6 Å². The lowest BCUT2D eigenvalue weighted by molar-refractivity contribution is 0.192. The Morgan fingerprint density at radius 2 is 2.16 bits per heavy atom. The maximum atomic E-state index is 4.33. The van der Waals surface area contributed by atoms with Crippen LogP contribution in [0.3, 0.4) is 0 Å². The number of aliphatic imine (C=N–C) groups is 1. The number of halogens is 1. The van der Waals surface area contributed by atoms with E-state index in [1.165, 1.54) is 16.9 Å². The van der Waals surface area contributed by atoms with Crippen molar-refractivity contribution in [2.45, 2.75) is 32.4 Å². The average molecular weight is 490 g/mol. The van der Waals surface area contributed by atoms with Crippen LogP contribution < -0.4 is 10.6 Å². The maximum Gasteiger partial charge on any atom is 0.191 e. The van der Waals surface area contributed by atoms with E-state index in [-0.39, 0.29) is 24.0 Å². The van der Waals surface area contributed by atoms with Crippen molar-refractivity contribution in [1.82, 2.24) is 15.5 Å². The van der Waals surface area contributed by atoms with Crippen molar-refractivity contribution >= 4 is 52.6 Å². The summed E-state index contributed by atoms with van der Waals surface area (Å²) < 4.78 is 0. The first-order valence-corrected chi connectivity index (χ1v) is 10.3. The summed E-state index contributed by atoms with van der Waals surface area (Å²) in [6.45, 7) is 6.35. The molecule has 25 heavy (non-hydrogen) atoms. The van der Waals surface area contributed by atoms with E-state index in [0.29, 0.717) is 6.04 Å². The van der Waals surface area contributed by atoms with Gasteiger partial charge in [0.2, 0.25) is 0 Å². The zero-order valence-electron chi connectivity index (χ0n) is 14.8. The molecule has 0 aliphatic carbocycles. The number of thiophene rings is 2. The SMILES string of the molecule is CN=C(NCCc1cccs1)NCC(C)N1CCc2sccc2C1.I. The summed E-state index contributed by atoms with van der Waals surface area (Å²) in [6.07, 6.45) is 2.23. The van der Waals surface area contributed by atoms with Gasteiger partial charge in [-0.2, -0.15) is 0 Å². The third kappa shape index (κ3) is 5.94. The number of hydrogen-bond donors (Lipinski definition) is 2. The molecule has 138 valence electrons. The van der Waals surface area contributed by atoms with E-state index in [1.54, 1.807) is 4.88 Å². The molecule has 0 amide bonds. The summed E-state index contributed by atoms with van der Waals surface area (Å²) in [5.41, 5.74) is 1.51. The molecule has 1 aliphatic heterocycles. The molecule has 0 fully saturated rings. The molecule has 0 aromatic carbocycles. The first kappa shape index (κ1) is 20.7.